The Kier molecular flexibility index (Phi) is 4.85. The van der Waals surface area contributed by atoms with Gasteiger partial charge in [0.15, 0.2) is 0 Å². The van der Waals surface area contributed by atoms with E-state index in [9.17, 15) is 4.79 Å². The number of carbonyl (C=O) groups excluding carboxylic acids is 1. The standard InChI is InChI=1S/C5H9O2S/c1-3-7-5(6)4-8-2/h2-4H2,1H3. The molecule has 0 saturated heterocycles. The lowest BCUT2D eigenvalue weighted by molar-refractivity contribution is -0.139. The van der Waals surface area contributed by atoms with Gasteiger partial charge in [0.05, 0.1) is 12.4 Å². The van der Waals surface area contributed by atoms with E-state index in [1.165, 1.54) is 11.8 Å². The summed E-state index contributed by atoms with van der Waals surface area (Å²) in [7, 11) is 0. The van der Waals surface area contributed by atoms with E-state index >= 15 is 0 Å². The van der Waals surface area contributed by atoms with Crippen molar-refractivity contribution in [3.05, 3.63) is 6.26 Å². The molecule has 1 radical (unpaired) electrons. The molecule has 0 aliphatic rings. The lowest BCUT2D eigenvalue weighted by Crippen LogP contribution is -2.05. The summed E-state index contributed by atoms with van der Waals surface area (Å²) in [4.78, 5) is 10.4. The molecule has 2 nitrogen and oxygen atoms in total. The van der Waals surface area contributed by atoms with Crippen LogP contribution >= 0.6 is 11.8 Å². The minimum absolute atomic E-state index is 0.187. The van der Waals surface area contributed by atoms with Crippen LogP contribution in [0.2, 0.25) is 0 Å². The highest BCUT2D eigenvalue weighted by Crippen LogP contribution is 1.94. The molecule has 0 fully saturated rings. The lowest BCUT2D eigenvalue weighted by atomic mass is 10.8. The Morgan fingerprint density at radius 1 is 1.88 bits per heavy atom. The molecule has 0 unspecified atom stereocenters. The van der Waals surface area contributed by atoms with Crippen LogP contribution in [-0.2, 0) is 9.53 Å². The SMILES string of the molecule is [CH2]SCC(=O)OCC. The van der Waals surface area contributed by atoms with E-state index in [1.807, 2.05) is 0 Å². The van der Waals surface area contributed by atoms with Crippen molar-refractivity contribution >= 4 is 17.7 Å². The van der Waals surface area contributed by atoms with Crippen LogP contribution in [0, 0.1) is 6.26 Å². The maximum absolute atomic E-state index is 10.4. The highest BCUT2D eigenvalue weighted by atomic mass is 32.2. The minimum atomic E-state index is -0.187. The van der Waals surface area contributed by atoms with Gasteiger partial charge >= 0.3 is 5.97 Å². The summed E-state index contributed by atoms with van der Waals surface area (Å²) < 4.78 is 4.58. The Bertz CT molecular complexity index is 64.8. The first kappa shape index (κ1) is 7.82. The maximum Gasteiger partial charge on any atom is 0.315 e. The smallest absolute Gasteiger partial charge is 0.315 e. The van der Waals surface area contributed by atoms with Gasteiger partial charge in [-0.15, -0.1) is 11.8 Å². The summed E-state index contributed by atoms with van der Waals surface area (Å²) in [6.07, 6.45) is 3.42. The van der Waals surface area contributed by atoms with Crippen LogP contribution in [0.4, 0.5) is 0 Å². The Balaban J connectivity index is 3.06. The average Bonchev–Trinajstić information content (AvgIpc) is 1.68. The average molecular weight is 133 g/mol. The summed E-state index contributed by atoms with van der Waals surface area (Å²) in [5.41, 5.74) is 0. The molecule has 0 aliphatic heterocycles. The van der Waals surface area contributed by atoms with Gasteiger partial charge in [0.25, 0.3) is 0 Å². The highest BCUT2D eigenvalue weighted by Gasteiger charge is 1.95. The number of carbonyl (C=O) groups is 1. The Labute approximate surface area is 53.6 Å². The van der Waals surface area contributed by atoms with Crippen molar-refractivity contribution in [3.63, 3.8) is 0 Å². The van der Waals surface area contributed by atoms with E-state index in [1.54, 1.807) is 6.92 Å². The van der Waals surface area contributed by atoms with Gasteiger partial charge in [-0.3, -0.25) is 4.79 Å². The van der Waals surface area contributed by atoms with E-state index in [2.05, 4.69) is 11.0 Å². The van der Waals surface area contributed by atoms with Crippen molar-refractivity contribution in [1.29, 1.82) is 0 Å². The van der Waals surface area contributed by atoms with E-state index in [0.29, 0.717) is 12.4 Å². The first-order valence-electron chi connectivity index (χ1n) is 2.33. The number of hydrogen-bond donors (Lipinski definition) is 0. The molecule has 0 aromatic rings. The Morgan fingerprint density at radius 2 is 2.50 bits per heavy atom. The molecule has 0 amide bonds. The predicted octanol–water partition coefficient (Wildman–Crippen LogP) is 1.07. The van der Waals surface area contributed by atoms with Gasteiger partial charge in [0.1, 0.15) is 0 Å². The molecule has 47 valence electrons. The summed E-state index contributed by atoms with van der Waals surface area (Å²) in [6.45, 7) is 2.24. The van der Waals surface area contributed by atoms with Gasteiger partial charge in [0, 0.05) is 6.26 Å². The molecule has 0 atom stereocenters. The number of hydrogen-bond acceptors (Lipinski definition) is 3. The molecule has 0 heterocycles. The second kappa shape index (κ2) is 4.97. The zero-order chi connectivity index (χ0) is 6.41. The van der Waals surface area contributed by atoms with Crippen LogP contribution < -0.4 is 0 Å². The Morgan fingerprint density at radius 3 is 2.88 bits per heavy atom. The molecule has 0 aromatic heterocycles. The first-order chi connectivity index (χ1) is 3.81. The van der Waals surface area contributed by atoms with Crippen molar-refractivity contribution in [2.45, 2.75) is 6.92 Å². The number of ether oxygens (including phenoxy) is 1. The molecular weight excluding hydrogens is 124 g/mol. The molecule has 0 bridgehead atoms. The molecule has 0 aliphatic carbocycles. The topological polar surface area (TPSA) is 26.3 Å². The van der Waals surface area contributed by atoms with Crippen LogP contribution in [0.3, 0.4) is 0 Å². The summed E-state index contributed by atoms with van der Waals surface area (Å²) in [6, 6.07) is 0. The second-order valence-corrected chi connectivity index (χ2v) is 1.85. The molecular formula is C5H9O2S. The van der Waals surface area contributed by atoms with Crippen molar-refractivity contribution < 1.29 is 9.53 Å². The third kappa shape index (κ3) is 3.99. The highest BCUT2D eigenvalue weighted by molar-refractivity contribution is 8.01. The van der Waals surface area contributed by atoms with Crippen LogP contribution in [0.15, 0.2) is 0 Å². The zero-order valence-corrected chi connectivity index (χ0v) is 5.66. The summed E-state index contributed by atoms with van der Waals surface area (Å²) in [5, 5.41) is 0. The quantitative estimate of drug-likeness (QED) is 0.539. The number of rotatable bonds is 3. The van der Waals surface area contributed by atoms with Crippen molar-refractivity contribution in [2.24, 2.45) is 0 Å². The van der Waals surface area contributed by atoms with Crippen LogP contribution in [0.1, 0.15) is 6.92 Å². The summed E-state index contributed by atoms with van der Waals surface area (Å²) >= 11 is 1.23. The molecule has 0 saturated carbocycles. The van der Waals surface area contributed by atoms with E-state index < -0.39 is 0 Å². The monoisotopic (exact) mass is 133 g/mol. The zero-order valence-electron chi connectivity index (χ0n) is 4.85. The van der Waals surface area contributed by atoms with Gasteiger partial charge in [-0.1, -0.05) is 0 Å². The summed E-state index contributed by atoms with van der Waals surface area (Å²) in [5.74, 6) is 0.168. The third-order valence-corrected chi connectivity index (χ3v) is 0.965. The van der Waals surface area contributed by atoms with Gasteiger partial charge in [0.2, 0.25) is 0 Å². The van der Waals surface area contributed by atoms with Crippen LogP contribution in [-0.4, -0.2) is 18.3 Å². The van der Waals surface area contributed by atoms with E-state index in [4.69, 9.17) is 0 Å². The van der Waals surface area contributed by atoms with Crippen LogP contribution in [0.25, 0.3) is 0 Å². The van der Waals surface area contributed by atoms with Crippen molar-refractivity contribution in [3.8, 4) is 0 Å². The van der Waals surface area contributed by atoms with Gasteiger partial charge in [-0.2, -0.15) is 0 Å². The largest absolute Gasteiger partial charge is 0.465 e. The normalized spacial score (nSPS) is 8.75. The Hall–Kier alpha value is -0.180. The van der Waals surface area contributed by atoms with Gasteiger partial charge < -0.3 is 4.74 Å². The molecule has 0 aromatic carbocycles. The molecule has 0 rings (SSSR count). The van der Waals surface area contributed by atoms with Gasteiger partial charge in [-0.25, -0.2) is 0 Å². The predicted molar refractivity (Wildman–Crippen MR) is 34.4 cm³/mol. The number of thioether (sulfide) groups is 1. The third-order valence-electron chi connectivity index (χ3n) is 0.525. The fourth-order valence-corrected chi connectivity index (χ4v) is 0.536. The van der Waals surface area contributed by atoms with E-state index in [0.717, 1.165) is 0 Å². The van der Waals surface area contributed by atoms with Crippen LogP contribution in [0.5, 0.6) is 0 Å². The maximum atomic E-state index is 10.4. The van der Waals surface area contributed by atoms with Gasteiger partial charge in [-0.05, 0) is 6.92 Å². The number of esters is 1. The van der Waals surface area contributed by atoms with Crippen molar-refractivity contribution in [1.82, 2.24) is 0 Å². The minimum Gasteiger partial charge on any atom is -0.465 e. The molecule has 3 heteroatoms. The van der Waals surface area contributed by atoms with E-state index in [-0.39, 0.29) is 5.97 Å². The molecule has 0 N–H and O–H groups in total. The fourth-order valence-electron chi connectivity index (χ4n) is 0.286. The second-order valence-electron chi connectivity index (χ2n) is 1.15. The lowest BCUT2D eigenvalue weighted by Gasteiger charge is -1.96. The fraction of sp³-hybridized carbons (Fsp3) is 0.600. The molecule has 0 spiro atoms. The van der Waals surface area contributed by atoms with Crippen molar-refractivity contribution in [2.75, 3.05) is 12.4 Å². The molecule has 8 heavy (non-hydrogen) atoms. The first-order valence-corrected chi connectivity index (χ1v) is 3.49.